The molecule has 0 saturated carbocycles. The topological polar surface area (TPSA) is 29.1 Å². The number of rotatable bonds is 5. The van der Waals surface area contributed by atoms with Gasteiger partial charge >= 0.3 is 0 Å². The van der Waals surface area contributed by atoms with E-state index in [1.807, 2.05) is 13.8 Å². The van der Waals surface area contributed by atoms with E-state index in [1.165, 1.54) is 0 Å². The van der Waals surface area contributed by atoms with Gasteiger partial charge in [0.25, 0.3) is 0 Å². The Morgan fingerprint density at radius 2 is 2.00 bits per heavy atom. The molecule has 1 N–H and O–H groups in total. The summed E-state index contributed by atoms with van der Waals surface area (Å²) in [4.78, 5) is 11.0. The molecule has 4 heteroatoms. The summed E-state index contributed by atoms with van der Waals surface area (Å²) >= 11 is 4.81. The Hall–Kier alpha value is 1.08. The number of hydrogen-bond acceptors (Lipinski definition) is 3. The van der Waals surface area contributed by atoms with Gasteiger partial charge < -0.3 is 17.9 Å². The third kappa shape index (κ3) is 7.72. The summed E-state index contributed by atoms with van der Waals surface area (Å²) in [6.45, 7) is 5.66. The van der Waals surface area contributed by atoms with Crippen LogP contribution in [0.1, 0.15) is 27.2 Å². The smallest absolute Gasteiger partial charge is 0.146 e. The van der Waals surface area contributed by atoms with Gasteiger partial charge in [0.05, 0.1) is 6.04 Å². The number of carbonyl (C=O) groups excluding carboxylic acids is 1. The van der Waals surface area contributed by atoms with Gasteiger partial charge in [0.15, 0.2) is 0 Å². The molecule has 0 aliphatic rings. The van der Waals surface area contributed by atoms with Crippen LogP contribution in [-0.2, 0) is 50.1 Å². The van der Waals surface area contributed by atoms with Crippen molar-refractivity contribution in [1.82, 2.24) is 5.32 Å². The molecule has 0 fully saturated rings. The molecule has 0 bridgehead atoms. The van der Waals surface area contributed by atoms with Crippen molar-refractivity contribution in [2.24, 2.45) is 0 Å². The van der Waals surface area contributed by atoms with Gasteiger partial charge in [-0.2, -0.15) is 5.75 Å². The zero-order valence-electron chi connectivity index (χ0n) is 7.96. The maximum absolute atomic E-state index is 11.0. The third-order valence-corrected chi connectivity index (χ3v) is 1.67. The molecule has 0 aromatic rings. The number of hydrogen-bond donors (Lipinski definition) is 1. The van der Waals surface area contributed by atoms with Crippen LogP contribution in [-0.4, -0.2) is 23.6 Å². The van der Waals surface area contributed by atoms with Crippen LogP contribution >= 0.6 is 0 Å². The van der Waals surface area contributed by atoms with Gasteiger partial charge in [-0.05, 0) is 6.92 Å². The normalized spacial score (nSPS) is 12.4. The summed E-state index contributed by atoms with van der Waals surface area (Å²) in [5, 5.41) is 3.16. The molecule has 69 valence electrons. The van der Waals surface area contributed by atoms with E-state index in [9.17, 15) is 4.79 Å². The monoisotopic (exact) mass is 263 g/mol. The maximum atomic E-state index is 11.0. The Bertz CT molecular complexity index is 130. The van der Waals surface area contributed by atoms with Crippen molar-refractivity contribution in [1.29, 1.82) is 0 Å². The second-order valence-corrected chi connectivity index (χ2v) is 3.39. The van der Waals surface area contributed by atoms with Crippen molar-refractivity contribution >= 4 is 18.4 Å². The zero-order chi connectivity index (χ0) is 8.85. The summed E-state index contributed by atoms with van der Waals surface area (Å²) in [6.07, 6.45) is 0.767. The van der Waals surface area contributed by atoms with Crippen molar-refractivity contribution in [2.45, 2.75) is 39.3 Å². The fraction of sp³-hybridized carbons (Fsp3) is 0.875. The Morgan fingerprint density at radius 1 is 1.50 bits per heavy atom. The van der Waals surface area contributed by atoms with Crippen LogP contribution in [0, 0.1) is 0 Å². The van der Waals surface area contributed by atoms with E-state index in [-0.39, 0.29) is 44.5 Å². The van der Waals surface area contributed by atoms with Crippen LogP contribution in [0.25, 0.3) is 0 Å². The quantitative estimate of drug-likeness (QED) is 0.746. The van der Waals surface area contributed by atoms with Crippen molar-refractivity contribution < 1.29 is 37.5 Å². The first kappa shape index (κ1) is 15.6. The molecule has 2 nitrogen and oxygen atoms in total. The van der Waals surface area contributed by atoms with Crippen molar-refractivity contribution in [3.05, 3.63) is 0 Å². The summed E-state index contributed by atoms with van der Waals surface area (Å²) in [7, 11) is 0. The first-order valence-corrected chi connectivity index (χ1v) is 4.50. The van der Waals surface area contributed by atoms with Gasteiger partial charge in [-0.3, -0.25) is 4.79 Å². The minimum Gasteiger partial charge on any atom is -0.793 e. The zero-order valence-corrected chi connectivity index (χ0v) is 11.6. The maximum Gasteiger partial charge on any atom is 0.146 e. The van der Waals surface area contributed by atoms with Crippen molar-refractivity contribution in [3.8, 4) is 0 Å². The molecule has 0 aromatic carbocycles. The van der Waals surface area contributed by atoms with Gasteiger partial charge in [0.1, 0.15) is 5.78 Å². The van der Waals surface area contributed by atoms with Gasteiger partial charge in [-0.15, -0.1) is 0 Å². The van der Waals surface area contributed by atoms with Crippen molar-refractivity contribution in [2.75, 3.05) is 5.75 Å². The average molecular weight is 263 g/mol. The molecule has 1 atom stereocenters. The summed E-state index contributed by atoms with van der Waals surface area (Å²) < 4.78 is 0. The van der Waals surface area contributed by atoms with E-state index >= 15 is 0 Å². The minimum atomic E-state index is -0.0347. The second kappa shape index (κ2) is 8.67. The summed E-state index contributed by atoms with van der Waals surface area (Å²) in [5.74, 6) is 0.827. The van der Waals surface area contributed by atoms with Crippen LogP contribution in [0.4, 0.5) is 0 Å². The molecule has 1 radical (unpaired) electrons. The summed E-state index contributed by atoms with van der Waals surface area (Å²) in [6, 6.07) is 0.318. The van der Waals surface area contributed by atoms with E-state index in [4.69, 9.17) is 12.6 Å². The average Bonchev–Trinajstić information content (AvgIpc) is 1.86. The van der Waals surface area contributed by atoms with Gasteiger partial charge in [0.2, 0.25) is 0 Å². The number of nitrogens with one attached hydrogen (secondary N) is 1. The van der Waals surface area contributed by atoms with Gasteiger partial charge in [0, 0.05) is 38.8 Å². The van der Waals surface area contributed by atoms with Gasteiger partial charge in [-0.1, -0.05) is 20.3 Å². The molecule has 0 aliphatic heterocycles. The largest absolute Gasteiger partial charge is 0.793 e. The molecule has 0 saturated heterocycles. The van der Waals surface area contributed by atoms with Crippen LogP contribution in [0.15, 0.2) is 0 Å². The van der Waals surface area contributed by atoms with Crippen LogP contribution in [0.2, 0.25) is 0 Å². The Morgan fingerprint density at radius 3 is 2.25 bits per heavy atom. The molecule has 0 aromatic heterocycles. The fourth-order valence-electron chi connectivity index (χ4n) is 0.924. The predicted molar refractivity (Wildman–Crippen MR) is 49.6 cm³/mol. The second-order valence-electron chi connectivity index (χ2n) is 2.98. The first-order valence-electron chi connectivity index (χ1n) is 3.92. The fourth-order valence-corrected chi connectivity index (χ4v) is 1.16. The van der Waals surface area contributed by atoms with Crippen LogP contribution < -0.4 is 5.32 Å². The molecule has 0 heterocycles. The minimum absolute atomic E-state index is 0. The molecule has 1 unspecified atom stereocenters. The van der Waals surface area contributed by atoms with Gasteiger partial charge in [-0.25, -0.2) is 0 Å². The Labute approximate surface area is 106 Å². The molecule has 0 amide bonds. The molecule has 0 spiro atoms. The Kier molecular flexibility index (Phi) is 11.2. The van der Waals surface area contributed by atoms with E-state index in [0.717, 1.165) is 6.42 Å². The number of carbonyl (C=O) groups is 1. The van der Waals surface area contributed by atoms with Crippen LogP contribution in [0.5, 0.6) is 0 Å². The van der Waals surface area contributed by atoms with Crippen LogP contribution in [0.3, 0.4) is 0 Å². The Balaban J connectivity index is 0. The molecule has 0 rings (SSSR count). The predicted octanol–water partition coefficient (Wildman–Crippen LogP) is 0.876. The van der Waals surface area contributed by atoms with E-state index in [0.29, 0.717) is 11.8 Å². The summed E-state index contributed by atoms with van der Waals surface area (Å²) in [5.41, 5.74) is 0. The van der Waals surface area contributed by atoms with Crippen molar-refractivity contribution in [3.63, 3.8) is 0 Å². The van der Waals surface area contributed by atoms with E-state index in [1.54, 1.807) is 6.92 Å². The standard InChI is InChI=1S/C8H17NOS.Y/c1-6(2)9-8(4-5-11)7(3)10;/h6,8-9,11H,4-5H2,1-3H3;/p-1. The number of ketones is 1. The molecular weight excluding hydrogens is 247 g/mol. The molecule has 0 aliphatic carbocycles. The molecular formula is C8H16NOSY-. The van der Waals surface area contributed by atoms with E-state index in [2.05, 4.69) is 5.32 Å². The number of Topliss-reactive ketones (excluding diaryl/α,β-unsaturated/α-hetero) is 1. The third-order valence-electron chi connectivity index (χ3n) is 1.43. The molecule has 12 heavy (non-hydrogen) atoms. The van der Waals surface area contributed by atoms with E-state index < -0.39 is 0 Å². The SMILES string of the molecule is CC(=O)C(CC[S-])NC(C)C.[Y]. The first-order chi connectivity index (χ1) is 5.07.